The van der Waals surface area contributed by atoms with Crippen LogP contribution >= 0.6 is 0 Å². The fourth-order valence-electron chi connectivity index (χ4n) is 2.72. The third-order valence-electron chi connectivity index (χ3n) is 4.15. The highest BCUT2D eigenvalue weighted by Crippen LogP contribution is 2.30. The van der Waals surface area contributed by atoms with Gasteiger partial charge in [0.15, 0.2) is 0 Å². The Kier molecular flexibility index (Phi) is 4.66. The lowest BCUT2D eigenvalue weighted by Crippen LogP contribution is -2.43. The summed E-state index contributed by atoms with van der Waals surface area (Å²) in [6, 6.07) is 0.146. The first-order valence-corrected chi connectivity index (χ1v) is 7.35. The Balaban J connectivity index is 1.77. The van der Waals surface area contributed by atoms with E-state index in [1.165, 1.54) is 12.8 Å². The van der Waals surface area contributed by atoms with Crippen LogP contribution in [-0.4, -0.2) is 53.1 Å². The summed E-state index contributed by atoms with van der Waals surface area (Å²) in [7, 11) is 0. The van der Waals surface area contributed by atoms with E-state index < -0.39 is 5.97 Å². The van der Waals surface area contributed by atoms with E-state index >= 15 is 0 Å². The smallest absolute Gasteiger partial charge is 0.320 e. The van der Waals surface area contributed by atoms with E-state index in [4.69, 9.17) is 5.11 Å². The van der Waals surface area contributed by atoms with Gasteiger partial charge in [0.1, 0.15) is 0 Å². The Morgan fingerprint density at radius 2 is 2.00 bits per heavy atom. The van der Waals surface area contributed by atoms with Crippen LogP contribution in [0.4, 0.5) is 4.79 Å². The zero-order chi connectivity index (χ0) is 13.8. The third kappa shape index (κ3) is 4.11. The molecule has 5 heteroatoms. The molecule has 0 aromatic rings. The van der Waals surface area contributed by atoms with Crippen LogP contribution in [0.5, 0.6) is 0 Å². The average Bonchev–Trinajstić information content (AvgIpc) is 3.08. The molecule has 1 aliphatic carbocycles. The monoisotopic (exact) mass is 268 g/mol. The van der Waals surface area contributed by atoms with Gasteiger partial charge in [-0.2, -0.15) is 0 Å². The molecule has 0 radical (unpaired) electrons. The number of carboxylic acids is 1. The van der Waals surface area contributed by atoms with Gasteiger partial charge in [-0.25, -0.2) is 4.79 Å². The highest BCUT2D eigenvalue weighted by molar-refractivity contribution is 5.74. The van der Waals surface area contributed by atoms with Gasteiger partial charge in [0.05, 0.1) is 0 Å². The molecule has 1 N–H and O–H groups in total. The molecule has 1 saturated carbocycles. The fourth-order valence-corrected chi connectivity index (χ4v) is 2.72. The molecule has 2 rings (SSSR count). The van der Waals surface area contributed by atoms with Crippen molar-refractivity contribution in [2.45, 2.75) is 39.0 Å². The Morgan fingerprint density at radius 1 is 1.26 bits per heavy atom. The number of rotatable bonds is 6. The predicted molar refractivity (Wildman–Crippen MR) is 71.9 cm³/mol. The van der Waals surface area contributed by atoms with Crippen molar-refractivity contribution in [1.29, 1.82) is 0 Å². The highest BCUT2D eigenvalue weighted by Gasteiger charge is 2.31. The van der Waals surface area contributed by atoms with Crippen LogP contribution in [0.25, 0.3) is 0 Å². The predicted octanol–water partition coefficient (Wildman–Crippen LogP) is 2.03. The van der Waals surface area contributed by atoms with E-state index in [0.717, 1.165) is 32.6 Å². The van der Waals surface area contributed by atoms with Gasteiger partial charge in [0.2, 0.25) is 0 Å². The van der Waals surface area contributed by atoms with Crippen molar-refractivity contribution >= 4 is 12.0 Å². The molecule has 108 valence electrons. The van der Waals surface area contributed by atoms with Crippen molar-refractivity contribution in [1.82, 2.24) is 9.80 Å². The van der Waals surface area contributed by atoms with Crippen molar-refractivity contribution in [2.24, 2.45) is 11.8 Å². The highest BCUT2D eigenvalue weighted by atomic mass is 16.4. The van der Waals surface area contributed by atoms with Crippen LogP contribution < -0.4 is 0 Å². The van der Waals surface area contributed by atoms with E-state index in [2.05, 4.69) is 0 Å². The van der Waals surface area contributed by atoms with Crippen LogP contribution in [0.1, 0.15) is 39.0 Å². The maximum atomic E-state index is 12.4. The average molecular weight is 268 g/mol. The Hall–Kier alpha value is -1.26. The van der Waals surface area contributed by atoms with Gasteiger partial charge in [-0.3, -0.25) is 4.79 Å². The molecule has 0 aromatic carbocycles. The topological polar surface area (TPSA) is 60.9 Å². The second kappa shape index (κ2) is 6.26. The van der Waals surface area contributed by atoms with E-state index in [1.54, 1.807) is 0 Å². The number of hydrogen-bond donors (Lipinski definition) is 1. The molecule has 1 aliphatic heterocycles. The van der Waals surface area contributed by atoms with Crippen molar-refractivity contribution < 1.29 is 14.7 Å². The van der Waals surface area contributed by atoms with Gasteiger partial charge in [0, 0.05) is 32.6 Å². The molecule has 1 unspecified atom stereocenters. The van der Waals surface area contributed by atoms with Crippen LogP contribution in [-0.2, 0) is 4.79 Å². The summed E-state index contributed by atoms with van der Waals surface area (Å²) in [5.41, 5.74) is 0. The van der Waals surface area contributed by atoms with Gasteiger partial charge in [0.25, 0.3) is 0 Å². The normalized spacial score (nSPS) is 22.6. The van der Waals surface area contributed by atoms with Crippen molar-refractivity contribution in [3.05, 3.63) is 0 Å². The summed E-state index contributed by atoms with van der Waals surface area (Å²) < 4.78 is 0. The van der Waals surface area contributed by atoms with Gasteiger partial charge < -0.3 is 14.9 Å². The fraction of sp³-hybridized carbons (Fsp3) is 0.857. The number of carbonyl (C=O) groups excluding carboxylic acids is 1. The second-order valence-electron chi connectivity index (χ2n) is 5.80. The molecule has 0 aromatic heterocycles. The number of carboxylic acid groups (broad SMARTS) is 1. The summed E-state index contributed by atoms with van der Waals surface area (Å²) in [5, 5.41) is 8.69. The molecule has 2 fully saturated rings. The number of amides is 2. The number of likely N-dealkylation sites (tertiary alicyclic amines) is 1. The van der Waals surface area contributed by atoms with E-state index in [-0.39, 0.29) is 12.5 Å². The molecule has 2 amide bonds. The largest absolute Gasteiger partial charge is 0.481 e. The molecule has 5 nitrogen and oxygen atoms in total. The van der Waals surface area contributed by atoms with E-state index in [0.29, 0.717) is 18.3 Å². The van der Waals surface area contributed by atoms with Gasteiger partial charge in [-0.15, -0.1) is 0 Å². The van der Waals surface area contributed by atoms with E-state index in [1.807, 2.05) is 16.7 Å². The first kappa shape index (κ1) is 14.2. The van der Waals surface area contributed by atoms with Crippen molar-refractivity contribution in [2.75, 3.05) is 26.2 Å². The first-order valence-electron chi connectivity index (χ1n) is 7.35. The van der Waals surface area contributed by atoms with Crippen LogP contribution in [0.15, 0.2) is 0 Å². The summed E-state index contributed by atoms with van der Waals surface area (Å²) in [4.78, 5) is 26.8. The standard InChI is InChI=1S/C14H24N2O3/c1-2-15(9-11-3-4-11)14(19)16-8-7-12(10-16)5-6-13(17)18/h11-12H,2-10H2,1H3,(H,17,18). The lowest BCUT2D eigenvalue weighted by atomic mass is 10.0. The second-order valence-corrected chi connectivity index (χ2v) is 5.80. The van der Waals surface area contributed by atoms with Crippen molar-refractivity contribution in [3.63, 3.8) is 0 Å². The Morgan fingerprint density at radius 3 is 2.58 bits per heavy atom. The minimum Gasteiger partial charge on any atom is -0.481 e. The van der Waals surface area contributed by atoms with Crippen LogP contribution in [0.2, 0.25) is 0 Å². The van der Waals surface area contributed by atoms with E-state index in [9.17, 15) is 9.59 Å². The Bertz CT molecular complexity index is 342. The molecule has 1 atom stereocenters. The van der Waals surface area contributed by atoms with Crippen LogP contribution in [0, 0.1) is 11.8 Å². The number of nitrogens with zero attached hydrogens (tertiary/aromatic N) is 2. The number of carbonyl (C=O) groups is 2. The molecule has 1 heterocycles. The molecule has 19 heavy (non-hydrogen) atoms. The summed E-state index contributed by atoms with van der Waals surface area (Å²) in [5.74, 6) is 0.336. The Labute approximate surface area is 114 Å². The maximum absolute atomic E-state index is 12.4. The summed E-state index contributed by atoms with van der Waals surface area (Å²) in [6.45, 7) is 5.20. The number of hydrogen-bond acceptors (Lipinski definition) is 2. The molecule has 2 aliphatic rings. The van der Waals surface area contributed by atoms with Crippen molar-refractivity contribution in [3.8, 4) is 0 Å². The SMILES string of the molecule is CCN(CC1CC1)C(=O)N1CCC(CCC(=O)O)C1. The zero-order valence-corrected chi connectivity index (χ0v) is 11.7. The quantitative estimate of drug-likeness (QED) is 0.801. The summed E-state index contributed by atoms with van der Waals surface area (Å²) >= 11 is 0. The van der Waals surface area contributed by atoms with Gasteiger partial charge in [-0.1, -0.05) is 0 Å². The molecule has 0 bridgehead atoms. The molecule has 1 saturated heterocycles. The maximum Gasteiger partial charge on any atom is 0.320 e. The molecular formula is C14H24N2O3. The van der Waals surface area contributed by atoms with Gasteiger partial charge >= 0.3 is 12.0 Å². The molecular weight excluding hydrogens is 244 g/mol. The lowest BCUT2D eigenvalue weighted by Gasteiger charge is -2.27. The first-order chi connectivity index (χ1) is 9.10. The van der Waals surface area contributed by atoms with Gasteiger partial charge in [-0.05, 0) is 44.4 Å². The lowest BCUT2D eigenvalue weighted by molar-refractivity contribution is -0.137. The number of urea groups is 1. The number of aliphatic carboxylic acids is 1. The summed E-state index contributed by atoms with van der Waals surface area (Å²) in [6.07, 6.45) is 4.36. The minimum atomic E-state index is -0.742. The zero-order valence-electron chi connectivity index (χ0n) is 11.7. The third-order valence-corrected chi connectivity index (χ3v) is 4.15. The minimum absolute atomic E-state index is 0.146. The van der Waals surface area contributed by atoms with Crippen LogP contribution in [0.3, 0.4) is 0 Å². The molecule has 0 spiro atoms.